The van der Waals surface area contributed by atoms with E-state index in [1.54, 1.807) is 38.1 Å². The summed E-state index contributed by atoms with van der Waals surface area (Å²) in [7, 11) is 0. The molecule has 0 saturated carbocycles. The number of anilines is 2. The van der Waals surface area contributed by atoms with Crippen molar-refractivity contribution in [2.45, 2.75) is 13.8 Å². The average molecular weight is 461 g/mol. The van der Waals surface area contributed by atoms with Crippen LogP contribution in [0.15, 0.2) is 48.5 Å². The first kappa shape index (κ1) is 22.5. The third-order valence-corrected chi connectivity index (χ3v) is 5.70. The Hall–Kier alpha value is -3.23. The van der Waals surface area contributed by atoms with Gasteiger partial charge in [-0.15, -0.1) is 11.3 Å². The van der Waals surface area contributed by atoms with E-state index in [4.69, 9.17) is 16.3 Å². The number of rotatable bonds is 6. The van der Waals surface area contributed by atoms with Gasteiger partial charge in [-0.1, -0.05) is 29.8 Å². The van der Waals surface area contributed by atoms with Crippen LogP contribution in [0, 0.1) is 12.7 Å². The highest BCUT2D eigenvalue weighted by atomic mass is 35.5. The van der Waals surface area contributed by atoms with E-state index in [9.17, 15) is 18.8 Å². The molecule has 2 amide bonds. The number of hydrogen-bond donors (Lipinski definition) is 2. The number of ether oxygens (including phenoxy) is 1. The van der Waals surface area contributed by atoms with Crippen molar-refractivity contribution < 1.29 is 23.5 Å². The Morgan fingerprint density at radius 3 is 2.48 bits per heavy atom. The molecule has 0 atom stereocenters. The lowest BCUT2D eigenvalue weighted by atomic mass is 10.1. The van der Waals surface area contributed by atoms with Crippen molar-refractivity contribution >= 4 is 51.4 Å². The van der Waals surface area contributed by atoms with Gasteiger partial charge < -0.3 is 15.4 Å². The van der Waals surface area contributed by atoms with Crippen LogP contribution in [0.4, 0.5) is 15.1 Å². The van der Waals surface area contributed by atoms with Crippen LogP contribution in [0.25, 0.3) is 0 Å². The summed E-state index contributed by atoms with van der Waals surface area (Å²) in [6.45, 7) is 3.33. The molecule has 1 heterocycles. The summed E-state index contributed by atoms with van der Waals surface area (Å²) >= 11 is 6.85. The summed E-state index contributed by atoms with van der Waals surface area (Å²) in [6, 6.07) is 12.1. The van der Waals surface area contributed by atoms with Crippen molar-refractivity contribution in [1.82, 2.24) is 0 Å². The summed E-state index contributed by atoms with van der Waals surface area (Å²) < 4.78 is 19.1. The number of carbonyl (C=O) groups is 3. The van der Waals surface area contributed by atoms with Crippen molar-refractivity contribution in [2.24, 2.45) is 0 Å². The van der Waals surface area contributed by atoms with Gasteiger partial charge in [-0.2, -0.15) is 0 Å². The van der Waals surface area contributed by atoms with Crippen molar-refractivity contribution in [2.75, 3.05) is 17.2 Å². The molecule has 0 aliphatic carbocycles. The van der Waals surface area contributed by atoms with Crippen molar-refractivity contribution in [3.05, 3.63) is 80.9 Å². The van der Waals surface area contributed by atoms with Gasteiger partial charge >= 0.3 is 5.97 Å². The highest BCUT2D eigenvalue weighted by molar-refractivity contribution is 7.19. The van der Waals surface area contributed by atoms with Gasteiger partial charge in [0.1, 0.15) is 10.8 Å². The smallest absolute Gasteiger partial charge is 0.341 e. The number of carbonyl (C=O) groups excluding carboxylic acids is 3. The molecule has 6 nitrogen and oxygen atoms in total. The maximum atomic E-state index is 14.0. The number of amides is 2. The van der Waals surface area contributed by atoms with E-state index in [1.807, 2.05) is 0 Å². The predicted octanol–water partition coefficient (Wildman–Crippen LogP) is 5.53. The van der Waals surface area contributed by atoms with Crippen molar-refractivity contribution in [1.29, 1.82) is 0 Å². The normalized spacial score (nSPS) is 10.5. The first-order valence-corrected chi connectivity index (χ1v) is 10.4. The van der Waals surface area contributed by atoms with Gasteiger partial charge in [-0.3, -0.25) is 9.59 Å². The van der Waals surface area contributed by atoms with E-state index in [0.29, 0.717) is 16.3 Å². The molecule has 0 fully saturated rings. The molecule has 0 bridgehead atoms. The van der Waals surface area contributed by atoms with Crippen LogP contribution < -0.4 is 10.6 Å². The minimum absolute atomic E-state index is 0.0489. The molecule has 0 unspecified atom stereocenters. The van der Waals surface area contributed by atoms with Gasteiger partial charge in [0.05, 0.1) is 22.6 Å². The number of benzene rings is 2. The minimum atomic E-state index is -0.744. The zero-order valence-electron chi connectivity index (χ0n) is 16.6. The first-order chi connectivity index (χ1) is 14.8. The predicted molar refractivity (Wildman–Crippen MR) is 119 cm³/mol. The van der Waals surface area contributed by atoms with Crippen LogP contribution in [0.2, 0.25) is 5.02 Å². The molecule has 31 heavy (non-hydrogen) atoms. The molecule has 0 saturated heterocycles. The van der Waals surface area contributed by atoms with Crippen LogP contribution in [-0.4, -0.2) is 24.4 Å². The molecule has 0 radical (unpaired) electrons. The minimum Gasteiger partial charge on any atom is -0.462 e. The SMILES string of the molecule is CCOC(=O)c1c(NC(=O)c2ccccc2F)sc(C(=O)Nc2cccc(Cl)c2)c1C. The van der Waals surface area contributed by atoms with Crippen LogP contribution in [0.5, 0.6) is 0 Å². The van der Waals surface area contributed by atoms with Crippen LogP contribution in [-0.2, 0) is 4.74 Å². The Morgan fingerprint density at radius 1 is 1.06 bits per heavy atom. The molecule has 3 rings (SSSR count). The second kappa shape index (κ2) is 9.72. The highest BCUT2D eigenvalue weighted by Gasteiger charge is 2.27. The monoisotopic (exact) mass is 460 g/mol. The van der Waals surface area contributed by atoms with Crippen LogP contribution in [0.3, 0.4) is 0 Å². The van der Waals surface area contributed by atoms with E-state index < -0.39 is 23.6 Å². The summed E-state index contributed by atoms with van der Waals surface area (Å²) in [4.78, 5) is 38.1. The van der Waals surface area contributed by atoms with E-state index >= 15 is 0 Å². The second-order valence-electron chi connectivity index (χ2n) is 6.38. The Morgan fingerprint density at radius 2 is 1.81 bits per heavy atom. The lowest BCUT2D eigenvalue weighted by Gasteiger charge is -2.07. The Kier molecular flexibility index (Phi) is 7.04. The van der Waals surface area contributed by atoms with E-state index in [1.165, 1.54) is 18.2 Å². The number of halogens is 2. The molecular weight excluding hydrogens is 443 g/mol. The molecule has 2 aromatic carbocycles. The third kappa shape index (κ3) is 5.10. The average Bonchev–Trinajstić information content (AvgIpc) is 3.04. The number of hydrogen-bond acceptors (Lipinski definition) is 5. The van der Waals surface area contributed by atoms with Gasteiger partial charge in [-0.25, -0.2) is 9.18 Å². The Balaban J connectivity index is 1.96. The molecule has 0 aliphatic heterocycles. The van der Waals surface area contributed by atoms with E-state index in [0.717, 1.165) is 17.4 Å². The Labute approximate surface area is 187 Å². The largest absolute Gasteiger partial charge is 0.462 e. The van der Waals surface area contributed by atoms with Gasteiger partial charge in [0.2, 0.25) is 0 Å². The fourth-order valence-corrected chi connectivity index (χ4v) is 4.11. The maximum Gasteiger partial charge on any atom is 0.341 e. The molecule has 0 spiro atoms. The van der Waals surface area contributed by atoms with Gasteiger partial charge in [0.15, 0.2) is 0 Å². The molecule has 160 valence electrons. The number of esters is 1. The zero-order valence-corrected chi connectivity index (χ0v) is 18.2. The Bertz CT molecular complexity index is 1160. The van der Waals surface area contributed by atoms with Gasteiger partial charge in [0.25, 0.3) is 11.8 Å². The van der Waals surface area contributed by atoms with Gasteiger partial charge in [0, 0.05) is 10.7 Å². The summed E-state index contributed by atoms with van der Waals surface area (Å²) in [6.07, 6.45) is 0. The van der Waals surface area contributed by atoms with Crippen molar-refractivity contribution in [3.63, 3.8) is 0 Å². The number of nitrogens with one attached hydrogen (secondary N) is 2. The summed E-state index contributed by atoms with van der Waals surface area (Å²) in [5.74, 6) is -2.62. The molecule has 1 aromatic heterocycles. The summed E-state index contributed by atoms with van der Waals surface area (Å²) in [5, 5.41) is 5.79. The first-order valence-electron chi connectivity index (χ1n) is 9.25. The van der Waals surface area contributed by atoms with E-state index in [2.05, 4.69) is 10.6 Å². The van der Waals surface area contributed by atoms with Gasteiger partial charge in [-0.05, 0) is 49.7 Å². The lowest BCUT2D eigenvalue weighted by molar-refractivity contribution is 0.0527. The topological polar surface area (TPSA) is 84.5 Å². The lowest BCUT2D eigenvalue weighted by Crippen LogP contribution is -2.16. The quantitative estimate of drug-likeness (QED) is 0.473. The highest BCUT2D eigenvalue weighted by Crippen LogP contribution is 2.35. The standard InChI is InChI=1S/C22H18ClFN2O4S/c1-3-30-22(29)17-12(2)18(20(28)25-14-8-6-7-13(23)11-14)31-21(17)26-19(27)15-9-4-5-10-16(15)24/h4-11H,3H2,1-2H3,(H,25,28)(H,26,27). The van der Waals surface area contributed by atoms with E-state index in [-0.39, 0.29) is 27.6 Å². The second-order valence-corrected chi connectivity index (χ2v) is 7.84. The maximum absolute atomic E-state index is 14.0. The number of thiophene rings is 1. The summed E-state index contributed by atoms with van der Waals surface area (Å²) in [5.41, 5.74) is 0.674. The fourth-order valence-electron chi connectivity index (χ4n) is 2.84. The fraction of sp³-hybridized carbons (Fsp3) is 0.136. The van der Waals surface area contributed by atoms with Crippen molar-refractivity contribution in [3.8, 4) is 0 Å². The molecule has 9 heteroatoms. The third-order valence-electron chi connectivity index (χ3n) is 4.26. The zero-order chi connectivity index (χ0) is 22.5. The molecule has 0 aliphatic rings. The van der Waals surface area contributed by atoms with Crippen LogP contribution in [0.1, 0.15) is 42.9 Å². The molecular formula is C22H18ClFN2O4S. The molecule has 2 N–H and O–H groups in total. The molecule has 3 aromatic rings. The van der Waals surface area contributed by atoms with Crippen LogP contribution >= 0.6 is 22.9 Å².